The number of amides is 1. The Morgan fingerprint density at radius 3 is 2.85 bits per heavy atom. The molecule has 0 unspecified atom stereocenters. The number of ether oxygens (including phenoxy) is 1. The second-order valence-corrected chi connectivity index (χ2v) is 8.26. The maximum absolute atomic E-state index is 12.9. The average Bonchev–Trinajstić information content (AvgIpc) is 3.06. The van der Waals surface area contributed by atoms with Crippen LogP contribution in [0.5, 0.6) is 5.75 Å². The van der Waals surface area contributed by atoms with Crippen molar-refractivity contribution in [3.8, 4) is 5.75 Å². The zero-order valence-electron chi connectivity index (χ0n) is 15.5. The van der Waals surface area contributed by atoms with Crippen LogP contribution >= 0.6 is 28.1 Å². The van der Waals surface area contributed by atoms with E-state index in [1.807, 2.05) is 35.2 Å². The molecule has 3 rings (SSSR count). The summed E-state index contributed by atoms with van der Waals surface area (Å²) in [6.07, 6.45) is 1.85. The molecule has 0 saturated heterocycles. The van der Waals surface area contributed by atoms with Crippen molar-refractivity contribution in [3.05, 3.63) is 58.1 Å². The highest BCUT2D eigenvalue weighted by Crippen LogP contribution is 2.28. The lowest BCUT2D eigenvalue weighted by atomic mass is 10.1. The summed E-state index contributed by atoms with van der Waals surface area (Å²) in [5.41, 5.74) is 2.78. The molecule has 1 aliphatic heterocycles. The molecule has 142 valence electrons. The Labute approximate surface area is 174 Å². The molecular weight excluding hydrogens is 424 g/mol. The van der Waals surface area contributed by atoms with Crippen LogP contribution in [0.25, 0.3) is 0 Å². The lowest BCUT2D eigenvalue weighted by Crippen LogP contribution is -2.42. The molecule has 27 heavy (non-hydrogen) atoms. The standard InChI is InChI=1S/C21H23BrN2O2S/c1-14(2)10-12-26-19-8-7-16(22)13-17(19)20(25)23-21(27)24-11-9-15-5-3-4-6-18(15)24/h3-8,13-14H,9-12H2,1-2H3,(H,23,25,27). The molecule has 0 fully saturated rings. The Hall–Kier alpha value is -1.92. The highest BCUT2D eigenvalue weighted by Gasteiger charge is 2.24. The molecule has 1 heterocycles. The number of para-hydroxylation sites is 1. The van der Waals surface area contributed by atoms with Gasteiger partial charge in [0.15, 0.2) is 5.11 Å². The van der Waals surface area contributed by atoms with E-state index in [1.165, 1.54) is 5.56 Å². The quantitative estimate of drug-likeness (QED) is 0.659. The smallest absolute Gasteiger partial charge is 0.261 e. The van der Waals surface area contributed by atoms with Gasteiger partial charge in [0.05, 0.1) is 12.2 Å². The van der Waals surface area contributed by atoms with Crippen molar-refractivity contribution in [1.29, 1.82) is 0 Å². The second kappa shape index (κ2) is 8.85. The SMILES string of the molecule is CC(C)CCOc1ccc(Br)cc1C(=O)NC(=S)N1CCc2ccccc21. The van der Waals surface area contributed by atoms with Crippen LogP contribution in [-0.2, 0) is 6.42 Å². The van der Waals surface area contributed by atoms with Crippen molar-refractivity contribution in [2.24, 2.45) is 5.92 Å². The number of nitrogens with zero attached hydrogens (tertiary/aromatic N) is 1. The van der Waals surface area contributed by atoms with Crippen molar-refractivity contribution in [1.82, 2.24) is 5.32 Å². The fourth-order valence-electron chi connectivity index (χ4n) is 2.99. The van der Waals surface area contributed by atoms with Crippen molar-refractivity contribution in [2.75, 3.05) is 18.1 Å². The number of nitrogens with one attached hydrogen (secondary N) is 1. The van der Waals surface area contributed by atoms with Crippen LogP contribution in [-0.4, -0.2) is 24.2 Å². The number of hydrogen-bond donors (Lipinski definition) is 1. The summed E-state index contributed by atoms with van der Waals surface area (Å²) in [7, 11) is 0. The molecule has 6 heteroatoms. The van der Waals surface area contributed by atoms with Gasteiger partial charge in [0.25, 0.3) is 5.91 Å². The molecule has 0 aromatic heterocycles. The molecule has 0 atom stereocenters. The van der Waals surface area contributed by atoms with Gasteiger partial charge < -0.3 is 9.64 Å². The van der Waals surface area contributed by atoms with E-state index in [0.29, 0.717) is 29.0 Å². The molecule has 1 aliphatic rings. The topological polar surface area (TPSA) is 41.6 Å². The summed E-state index contributed by atoms with van der Waals surface area (Å²) in [6, 6.07) is 13.6. The fourth-order valence-corrected chi connectivity index (χ4v) is 3.63. The molecule has 0 bridgehead atoms. The summed E-state index contributed by atoms with van der Waals surface area (Å²) in [4.78, 5) is 14.8. The molecule has 2 aromatic carbocycles. The zero-order chi connectivity index (χ0) is 19.4. The van der Waals surface area contributed by atoms with E-state index in [0.717, 1.165) is 29.5 Å². The van der Waals surface area contributed by atoms with Crippen LogP contribution in [0.2, 0.25) is 0 Å². The van der Waals surface area contributed by atoms with E-state index in [1.54, 1.807) is 6.07 Å². The van der Waals surface area contributed by atoms with Gasteiger partial charge in [-0.3, -0.25) is 10.1 Å². The Balaban J connectivity index is 1.72. The van der Waals surface area contributed by atoms with Crippen molar-refractivity contribution in [2.45, 2.75) is 26.7 Å². The highest BCUT2D eigenvalue weighted by molar-refractivity contribution is 9.10. The van der Waals surface area contributed by atoms with Gasteiger partial charge in [0.2, 0.25) is 0 Å². The average molecular weight is 447 g/mol. The predicted octanol–water partition coefficient (Wildman–Crippen LogP) is 4.95. The number of fused-ring (bicyclic) bond motifs is 1. The zero-order valence-corrected chi connectivity index (χ0v) is 17.9. The fraction of sp³-hybridized carbons (Fsp3) is 0.333. The van der Waals surface area contributed by atoms with Gasteiger partial charge in [0.1, 0.15) is 5.75 Å². The van der Waals surface area contributed by atoms with E-state index in [2.05, 4.69) is 41.2 Å². The van der Waals surface area contributed by atoms with Crippen LogP contribution < -0.4 is 15.0 Å². The number of carbonyl (C=O) groups is 1. The number of carbonyl (C=O) groups excluding carboxylic acids is 1. The summed E-state index contributed by atoms with van der Waals surface area (Å²) in [5, 5.41) is 3.28. The number of rotatable bonds is 5. The minimum Gasteiger partial charge on any atom is -0.493 e. The molecule has 0 spiro atoms. The van der Waals surface area contributed by atoms with E-state index >= 15 is 0 Å². The third-order valence-electron chi connectivity index (χ3n) is 4.49. The van der Waals surface area contributed by atoms with E-state index in [9.17, 15) is 4.79 Å². The van der Waals surface area contributed by atoms with Crippen molar-refractivity contribution < 1.29 is 9.53 Å². The Morgan fingerprint density at radius 1 is 1.30 bits per heavy atom. The molecule has 0 saturated carbocycles. The lowest BCUT2D eigenvalue weighted by Gasteiger charge is -2.21. The first-order chi connectivity index (χ1) is 13.0. The summed E-state index contributed by atoms with van der Waals surface area (Å²) in [5.74, 6) is 0.853. The number of halogens is 1. The van der Waals surface area contributed by atoms with Crippen molar-refractivity contribution in [3.63, 3.8) is 0 Å². The van der Waals surface area contributed by atoms with Gasteiger partial charge in [-0.05, 0) is 60.8 Å². The summed E-state index contributed by atoms with van der Waals surface area (Å²) >= 11 is 8.94. The van der Waals surface area contributed by atoms with Gasteiger partial charge in [-0.2, -0.15) is 0 Å². The minimum atomic E-state index is -0.259. The van der Waals surface area contributed by atoms with Gasteiger partial charge in [-0.25, -0.2) is 0 Å². The lowest BCUT2D eigenvalue weighted by molar-refractivity contribution is 0.0973. The van der Waals surface area contributed by atoms with Gasteiger partial charge in [-0.1, -0.05) is 48.0 Å². The van der Waals surface area contributed by atoms with Crippen LogP contribution in [0.3, 0.4) is 0 Å². The molecule has 0 radical (unpaired) electrons. The monoisotopic (exact) mass is 446 g/mol. The maximum Gasteiger partial charge on any atom is 0.261 e. The number of hydrogen-bond acceptors (Lipinski definition) is 3. The molecule has 4 nitrogen and oxygen atoms in total. The number of thiocarbonyl (C=S) groups is 1. The second-order valence-electron chi connectivity index (χ2n) is 6.96. The van der Waals surface area contributed by atoms with Crippen LogP contribution in [0.15, 0.2) is 46.9 Å². The van der Waals surface area contributed by atoms with Gasteiger partial charge in [0, 0.05) is 16.7 Å². The van der Waals surface area contributed by atoms with Gasteiger partial charge in [-0.15, -0.1) is 0 Å². The van der Waals surface area contributed by atoms with E-state index < -0.39 is 0 Å². The van der Waals surface area contributed by atoms with Crippen molar-refractivity contribution >= 4 is 44.9 Å². The third-order valence-corrected chi connectivity index (χ3v) is 5.31. The largest absolute Gasteiger partial charge is 0.493 e. The Bertz CT molecular complexity index is 854. The van der Waals surface area contributed by atoms with Crippen LogP contribution in [0.1, 0.15) is 36.2 Å². The first kappa shape index (κ1) is 19.8. The Kier molecular flexibility index (Phi) is 6.50. The normalized spacial score (nSPS) is 12.8. The predicted molar refractivity (Wildman–Crippen MR) is 117 cm³/mol. The summed E-state index contributed by atoms with van der Waals surface area (Å²) < 4.78 is 6.67. The first-order valence-electron chi connectivity index (χ1n) is 9.09. The molecule has 2 aromatic rings. The number of anilines is 1. The number of benzene rings is 2. The Morgan fingerprint density at radius 2 is 2.07 bits per heavy atom. The molecule has 1 amide bonds. The minimum absolute atomic E-state index is 0.259. The van der Waals surface area contributed by atoms with Gasteiger partial charge >= 0.3 is 0 Å². The molecular formula is C21H23BrN2O2S. The van der Waals surface area contributed by atoms with E-state index in [4.69, 9.17) is 17.0 Å². The maximum atomic E-state index is 12.9. The van der Waals surface area contributed by atoms with Crippen LogP contribution in [0.4, 0.5) is 5.69 Å². The summed E-state index contributed by atoms with van der Waals surface area (Å²) in [6.45, 7) is 5.63. The highest BCUT2D eigenvalue weighted by atomic mass is 79.9. The molecule has 1 N–H and O–H groups in total. The van der Waals surface area contributed by atoms with E-state index in [-0.39, 0.29) is 5.91 Å². The van der Waals surface area contributed by atoms with Crippen LogP contribution in [0, 0.1) is 5.92 Å². The third kappa shape index (κ3) is 4.87. The molecule has 0 aliphatic carbocycles. The first-order valence-corrected chi connectivity index (χ1v) is 10.3.